The normalized spacial score (nSPS) is 20.5. The molecule has 1 aliphatic rings. The molecule has 0 aromatic carbocycles. The first-order chi connectivity index (χ1) is 11.8. The number of aromatic nitrogens is 2. The van der Waals surface area contributed by atoms with Crippen molar-refractivity contribution in [1.29, 1.82) is 0 Å². The predicted octanol–water partition coefficient (Wildman–Crippen LogP) is -0.175. The van der Waals surface area contributed by atoms with Crippen LogP contribution in [-0.2, 0) is 13.6 Å². The van der Waals surface area contributed by atoms with Crippen LogP contribution in [0.25, 0.3) is 0 Å². The Morgan fingerprint density at radius 1 is 1.38 bits per heavy atom. The van der Waals surface area contributed by atoms with Crippen LogP contribution in [0.2, 0.25) is 5.02 Å². The van der Waals surface area contributed by atoms with Gasteiger partial charge in [-0.1, -0.05) is 23.8 Å². The highest BCUT2D eigenvalue weighted by atomic mass is 35.5. The number of nitrogens with zero attached hydrogens (tertiary/aromatic N) is 1. The number of hydrogen-bond acceptors (Lipinski definition) is 10. The van der Waals surface area contributed by atoms with Crippen LogP contribution in [0.4, 0.5) is 0 Å². The fourth-order valence-corrected chi connectivity index (χ4v) is 3.60. The number of nitrogens with one attached hydrogen (secondary N) is 1. The second-order valence-electron chi connectivity index (χ2n) is 4.73. The van der Waals surface area contributed by atoms with Crippen molar-refractivity contribution in [3.63, 3.8) is 0 Å². The van der Waals surface area contributed by atoms with Crippen molar-refractivity contribution in [3.05, 3.63) is 26.3 Å². The van der Waals surface area contributed by atoms with E-state index >= 15 is 0 Å². The van der Waals surface area contributed by atoms with Gasteiger partial charge in [-0.15, -0.1) is 0 Å². The van der Waals surface area contributed by atoms with Crippen molar-refractivity contribution in [2.24, 2.45) is 0 Å². The zero-order valence-electron chi connectivity index (χ0n) is 13.0. The van der Waals surface area contributed by atoms with Gasteiger partial charge in [0, 0.05) is 12.2 Å². The third-order valence-electron chi connectivity index (χ3n) is 2.72. The largest absolute Gasteiger partial charge is 0.619 e. The molecule has 6 N–H and O–H groups in total. The third-order valence-corrected chi connectivity index (χ3v) is 5.66. The van der Waals surface area contributed by atoms with E-state index in [4.69, 9.17) is 68.7 Å². The monoisotopic (exact) mass is 446 g/mol. The van der Waals surface area contributed by atoms with Crippen LogP contribution in [0.1, 0.15) is 19.1 Å². The average molecular weight is 446 g/mol. The Labute approximate surface area is 161 Å². The minimum absolute atomic E-state index is 0.236. The topological polar surface area (TPSA) is 167 Å². The summed E-state index contributed by atoms with van der Waals surface area (Å²) in [6, 6.07) is -0.316. The summed E-state index contributed by atoms with van der Waals surface area (Å²) in [5, 5.41) is 0.327. The summed E-state index contributed by atoms with van der Waals surface area (Å²) >= 11 is 10.7. The summed E-state index contributed by atoms with van der Waals surface area (Å²) in [7, 11) is 1.20. The Morgan fingerprint density at radius 3 is 2.46 bits per heavy atom. The van der Waals surface area contributed by atoms with E-state index in [-0.39, 0.29) is 22.6 Å². The van der Waals surface area contributed by atoms with Crippen molar-refractivity contribution in [3.8, 4) is 0 Å². The maximum absolute atomic E-state index is 11.5. The van der Waals surface area contributed by atoms with Crippen molar-refractivity contribution in [1.82, 2.24) is 9.55 Å². The minimum atomic E-state index is -4.70. The average Bonchev–Trinajstić information content (AvgIpc) is 2.87. The highest BCUT2D eigenvalue weighted by Crippen LogP contribution is 2.66. The maximum Gasteiger partial charge on any atom is 0.619 e. The van der Waals surface area contributed by atoms with Gasteiger partial charge in [-0.25, -0.2) is 4.79 Å². The summed E-state index contributed by atoms with van der Waals surface area (Å²) in [6.07, 6.45) is 2.55. The van der Waals surface area contributed by atoms with E-state index in [2.05, 4.69) is 13.8 Å². The van der Waals surface area contributed by atoms with Crippen LogP contribution < -0.4 is 5.69 Å². The molecule has 1 saturated heterocycles. The molecule has 142 valence electrons. The van der Waals surface area contributed by atoms with E-state index in [0.717, 1.165) is 6.42 Å². The van der Waals surface area contributed by atoms with E-state index in [0.29, 0.717) is 11.4 Å². The van der Waals surface area contributed by atoms with Gasteiger partial charge in [-0.2, -0.15) is 29.0 Å². The van der Waals surface area contributed by atoms with Gasteiger partial charge in [0.2, 0.25) is 0 Å². The molecule has 0 aliphatic carbocycles. The van der Waals surface area contributed by atoms with E-state index in [1.807, 2.05) is 0 Å². The molecule has 1 unspecified atom stereocenters. The first-order valence-corrected chi connectivity index (χ1v) is 10.6. The molecular formula is C9H15B2ClN2O9P2S+2. The molecule has 0 amide bonds. The molecular weight excluding hydrogens is 431 g/mol. The van der Waals surface area contributed by atoms with Crippen molar-refractivity contribution in [2.45, 2.75) is 25.1 Å². The zero-order valence-corrected chi connectivity index (χ0v) is 16.4. The van der Waals surface area contributed by atoms with Crippen LogP contribution in [0, 0.1) is 4.64 Å². The van der Waals surface area contributed by atoms with Gasteiger partial charge in [0.25, 0.3) is 0 Å². The number of H-pyrrole nitrogens is 1. The van der Waals surface area contributed by atoms with Gasteiger partial charge in [-0.3, -0.25) is 9.55 Å². The molecule has 2 rings (SSSR count). The summed E-state index contributed by atoms with van der Waals surface area (Å²) in [4.78, 5) is 55.6. The zero-order chi connectivity index (χ0) is 20.1. The van der Waals surface area contributed by atoms with Crippen LogP contribution in [0.3, 0.4) is 0 Å². The highest BCUT2D eigenvalue weighted by molar-refractivity contribution is 7.71. The molecule has 11 nitrogen and oxygen atoms in total. The first kappa shape index (κ1) is 24.1. The molecule has 2 heterocycles. The molecule has 1 aliphatic heterocycles. The van der Waals surface area contributed by atoms with Gasteiger partial charge in [-0.05, 0) is 12.8 Å². The van der Waals surface area contributed by atoms with Crippen molar-refractivity contribution < 1.29 is 38.0 Å². The quantitative estimate of drug-likeness (QED) is 0.203. The Balaban J connectivity index is 0.000000276. The standard InChI is InChI=1S/C8H8BClN2O2S.CH7BO7P2/c9-5-1-2-6(14-5)12-3-4(10)7(15)11-8(12)13;2-1-8-11(6,7)9-10(3,4)5/h3,5-6H,1-2H2,(H,11,13,15);3-7H,1H2/q;+2/t5-,6?;/m0./s1. The smallest absolute Gasteiger partial charge is 0.364 e. The van der Waals surface area contributed by atoms with Gasteiger partial charge >= 0.3 is 22.0 Å². The first-order valence-electron chi connectivity index (χ1n) is 6.74. The molecule has 2 atom stereocenters. The van der Waals surface area contributed by atoms with E-state index < -0.39 is 22.8 Å². The number of aromatic amines is 1. The summed E-state index contributed by atoms with van der Waals surface area (Å²) in [5.41, 5.74) is -0.330. The van der Waals surface area contributed by atoms with Gasteiger partial charge in [0.15, 0.2) is 0 Å². The lowest BCUT2D eigenvalue weighted by Gasteiger charge is -2.14. The molecule has 17 heteroatoms. The van der Waals surface area contributed by atoms with Gasteiger partial charge in [0.1, 0.15) is 26.6 Å². The Hall–Kier alpha value is 0.0599. The Morgan fingerprint density at radius 2 is 2.00 bits per heavy atom. The lowest BCUT2D eigenvalue weighted by atomic mass is 9.98. The maximum atomic E-state index is 11.5. The molecule has 1 aromatic rings. The fourth-order valence-electron chi connectivity index (χ4n) is 1.79. The molecule has 0 spiro atoms. The second-order valence-corrected chi connectivity index (χ2v) is 8.47. The van der Waals surface area contributed by atoms with Gasteiger partial charge < -0.3 is 4.74 Å². The molecule has 1 fully saturated rings. The van der Waals surface area contributed by atoms with Crippen LogP contribution in [-0.4, -0.2) is 62.2 Å². The SMILES string of the molecule is [B]CO[P+](O)(O)O[P+](O)(O)O.[B][C@@H]1CCC(n2cc(Cl)c(=S)[nH]c2=O)O1. The molecule has 26 heavy (non-hydrogen) atoms. The predicted molar refractivity (Wildman–Crippen MR) is 97.5 cm³/mol. The van der Waals surface area contributed by atoms with Crippen molar-refractivity contribution >= 4 is 55.9 Å². The number of rotatable bonds is 5. The van der Waals surface area contributed by atoms with E-state index in [1.165, 1.54) is 10.8 Å². The number of hydrogen-bond donors (Lipinski definition) is 6. The second kappa shape index (κ2) is 10.0. The molecule has 0 saturated carbocycles. The van der Waals surface area contributed by atoms with Gasteiger partial charge in [0.05, 0.1) is 15.8 Å². The number of ether oxygens (including phenoxy) is 1. The Bertz CT molecular complexity index is 716. The third kappa shape index (κ3) is 8.39. The van der Waals surface area contributed by atoms with Crippen LogP contribution >= 0.6 is 40.2 Å². The van der Waals surface area contributed by atoms with Crippen LogP contribution in [0.5, 0.6) is 0 Å². The minimum Gasteiger partial charge on any atom is -0.364 e. The van der Waals surface area contributed by atoms with Crippen LogP contribution in [0.15, 0.2) is 11.0 Å². The summed E-state index contributed by atoms with van der Waals surface area (Å²) in [5.74, 6) is 0. The highest BCUT2D eigenvalue weighted by Gasteiger charge is 2.57. The summed E-state index contributed by atoms with van der Waals surface area (Å²) in [6.45, 7) is -0.583. The molecule has 4 radical (unpaired) electrons. The number of halogens is 1. The molecule has 1 aromatic heterocycles. The fraction of sp³-hybridized carbons (Fsp3) is 0.556. The lowest BCUT2D eigenvalue weighted by Crippen LogP contribution is -2.27. The van der Waals surface area contributed by atoms with E-state index in [9.17, 15) is 4.79 Å². The summed E-state index contributed by atoms with van der Waals surface area (Å²) < 4.78 is 14.5. The van der Waals surface area contributed by atoms with E-state index in [1.54, 1.807) is 0 Å². The Kier molecular flexibility index (Phi) is 9.28. The molecule has 0 bridgehead atoms. The van der Waals surface area contributed by atoms with Crippen molar-refractivity contribution in [2.75, 3.05) is 6.51 Å². The lowest BCUT2D eigenvalue weighted by molar-refractivity contribution is 0.0341.